The predicted molar refractivity (Wildman–Crippen MR) is 61.3 cm³/mol. The lowest BCUT2D eigenvalue weighted by Crippen LogP contribution is -2.41. The van der Waals surface area contributed by atoms with Gasteiger partial charge in [0.2, 0.25) is 0 Å². The Morgan fingerprint density at radius 3 is 2.73 bits per heavy atom. The Kier molecular flexibility index (Phi) is 3.16. The molecule has 2 aliphatic rings. The summed E-state index contributed by atoms with van der Waals surface area (Å²) in [5.41, 5.74) is 0. The molecule has 2 rings (SSSR count). The molecule has 3 nitrogen and oxygen atoms in total. The Morgan fingerprint density at radius 1 is 1.33 bits per heavy atom. The first-order chi connectivity index (χ1) is 7.05. The van der Waals surface area contributed by atoms with Crippen molar-refractivity contribution in [2.24, 2.45) is 5.92 Å². The molecule has 1 aliphatic heterocycles. The molecule has 4 heteroatoms. The van der Waals surface area contributed by atoms with E-state index >= 15 is 0 Å². The smallest absolute Gasteiger partial charge is 0.173 e. The van der Waals surface area contributed by atoms with Crippen molar-refractivity contribution in [2.45, 2.75) is 44.7 Å². The predicted octanol–water partition coefficient (Wildman–Crippen LogP) is 1.47. The van der Waals surface area contributed by atoms with Crippen molar-refractivity contribution in [3.05, 3.63) is 11.5 Å². The maximum absolute atomic E-state index is 11.2. The summed E-state index contributed by atoms with van der Waals surface area (Å²) in [7, 11) is -2.90. The molecular weight excluding hydrogens is 210 g/mol. The van der Waals surface area contributed by atoms with Crippen LogP contribution < -0.4 is 5.32 Å². The van der Waals surface area contributed by atoms with Crippen LogP contribution in [0.25, 0.3) is 0 Å². The summed E-state index contributed by atoms with van der Waals surface area (Å²) in [6.45, 7) is 2.27. The molecule has 0 aromatic heterocycles. The number of nitrogens with one attached hydrogen (secondary N) is 1. The fourth-order valence-electron chi connectivity index (χ4n) is 2.57. The normalized spacial score (nSPS) is 39.4. The summed E-state index contributed by atoms with van der Waals surface area (Å²) < 4.78 is 22.4. The van der Waals surface area contributed by atoms with Crippen LogP contribution in [-0.2, 0) is 9.84 Å². The number of sulfone groups is 1. The molecule has 86 valence electrons. The summed E-state index contributed by atoms with van der Waals surface area (Å²) in [6.07, 6.45) is 6.74. The summed E-state index contributed by atoms with van der Waals surface area (Å²) in [6, 6.07) is 0.557. The molecule has 0 saturated heterocycles. The molecule has 3 atom stereocenters. The van der Waals surface area contributed by atoms with E-state index < -0.39 is 9.84 Å². The Hall–Kier alpha value is -0.350. The second-order valence-electron chi connectivity index (χ2n) is 4.90. The van der Waals surface area contributed by atoms with Gasteiger partial charge >= 0.3 is 0 Å². The van der Waals surface area contributed by atoms with Crippen molar-refractivity contribution >= 4 is 9.84 Å². The molecule has 3 unspecified atom stereocenters. The average Bonchev–Trinajstić information content (AvgIpc) is 2.45. The molecule has 0 aromatic carbocycles. The lowest BCUT2D eigenvalue weighted by atomic mass is 9.87. The Morgan fingerprint density at radius 2 is 2.13 bits per heavy atom. The van der Waals surface area contributed by atoms with Crippen LogP contribution in [0.4, 0.5) is 0 Å². The molecule has 1 fully saturated rings. The molecule has 15 heavy (non-hydrogen) atoms. The quantitative estimate of drug-likeness (QED) is 0.780. The zero-order chi connectivity index (χ0) is 10.9. The second-order valence-corrected chi connectivity index (χ2v) is 6.83. The number of hydrogen-bond acceptors (Lipinski definition) is 3. The minimum absolute atomic E-state index is 0.0466. The Bertz CT molecular complexity index is 348. The van der Waals surface area contributed by atoms with Crippen LogP contribution in [0.15, 0.2) is 11.5 Å². The first kappa shape index (κ1) is 11.1. The van der Waals surface area contributed by atoms with Gasteiger partial charge in [0.15, 0.2) is 9.84 Å². The van der Waals surface area contributed by atoms with Crippen LogP contribution in [0.2, 0.25) is 0 Å². The van der Waals surface area contributed by atoms with E-state index in [4.69, 9.17) is 0 Å². The SMILES string of the molecule is CC1CCCC(NC2C=CS(=O)(=O)C2)C1. The van der Waals surface area contributed by atoms with E-state index in [-0.39, 0.29) is 11.8 Å². The zero-order valence-corrected chi connectivity index (χ0v) is 9.96. The van der Waals surface area contributed by atoms with E-state index in [0.717, 1.165) is 5.92 Å². The van der Waals surface area contributed by atoms with Gasteiger partial charge in [-0.15, -0.1) is 0 Å². The van der Waals surface area contributed by atoms with Gasteiger partial charge in [0.05, 0.1) is 5.75 Å². The highest BCUT2D eigenvalue weighted by Gasteiger charge is 2.26. The van der Waals surface area contributed by atoms with Crippen LogP contribution >= 0.6 is 0 Å². The lowest BCUT2D eigenvalue weighted by molar-refractivity contribution is 0.295. The number of hydrogen-bond donors (Lipinski definition) is 1. The number of rotatable bonds is 2. The van der Waals surface area contributed by atoms with Crippen molar-refractivity contribution in [2.75, 3.05) is 5.75 Å². The molecule has 1 heterocycles. The maximum Gasteiger partial charge on any atom is 0.173 e. The molecule has 1 saturated carbocycles. The third kappa shape index (κ3) is 3.05. The highest BCUT2D eigenvalue weighted by Crippen LogP contribution is 2.24. The van der Waals surface area contributed by atoms with E-state index in [1.807, 2.05) is 0 Å². The average molecular weight is 229 g/mol. The third-order valence-electron chi connectivity index (χ3n) is 3.32. The van der Waals surface area contributed by atoms with Crippen molar-refractivity contribution < 1.29 is 8.42 Å². The van der Waals surface area contributed by atoms with E-state index in [9.17, 15) is 8.42 Å². The molecule has 0 bridgehead atoms. The fraction of sp³-hybridized carbons (Fsp3) is 0.818. The van der Waals surface area contributed by atoms with Crippen LogP contribution in [0, 0.1) is 5.92 Å². The third-order valence-corrected chi connectivity index (χ3v) is 4.71. The van der Waals surface area contributed by atoms with Gasteiger partial charge < -0.3 is 5.32 Å². The Balaban J connectivity index is 1.85. The highest BCUT2D eigenvalue weighted by molar-refractivity contribution is 7.94. The van der Waals surface area contributed by atoms with Crippen LogP contribution in [0.1, 0.15) is 32.6 Å². The lowest BCUT2D eigenvalue weighted by Gasteiger charge is -2.29. The maximum atomic E-state index is 11.2. The van der Waals surface area contributed by atoms with Gasteiger partial charge in [-0.1, -0.05) is 25.8 Å². The van der Waals surface area contributed by atoms with E-state index in [1.165, 1.54) is 31.1 Å². The van der Waals surface area contributed by atoms with Crippen molar-refractivity contribution in [3.8, 4) is 0 Å². The van der Waals surface area contributed by atoms with Gasteiger partial charge in [-0.3, -0.25) is 0 Å². The summed E-state index contributed by atoms with van der Waals surface area (Å²) in [5.74, 6) is 1.02. The van der Waals surface area contributed by atoms with Gasteiger partial charge in [-0.25, -0.2) is 8.42 Å². The van der Waals surface area contributed by atoms with E-state index in [1.54, 1.807) is 6.08 Å². The zero-order valence-electron chi connectivity index (χ0n) is 9.15. The summed E-state index contributed by atoms with van der Waals surface area (Å²) in [5, 5.41) is 4.78. The molecule has 0 spiro atoms. The standard InChI is InChI=1S/C11H19NO2S/c1-9-3-2-4-10(7-9)12-11-5-6-15(13,14)8-11/h5-6,9-12H,2-4,7-8H2,1H3. The minimum atomic E-state index is -2.90. The van der Waals surface area contributed by atoms with Crippen LogP contribution in [-0.4, -0.2) is 26.3 Å². The molecule has 0 aromatic rings. The van der Waals surface area contributed by atoms with Gasteiger partial charge in [0.1, 0.15) is 0 Å². The van der Waals surface area contributed by atoms with E-state index in [0.29, 0.717) is 6.04 Å². The van der Waals surface area contributed by atoms with Gasteiger partial charge in [-0.2, -0.15) is 0 Å². The first-order valence-electron chi connectivity index (χ1n) is 5.72. The van der Waals surface area contributed by atoms with E-state index in [2.05, 4.69) is 12.2 Å². The van der Waals surface area contributed by atoms with Crippen molar-refractivity contribution in [1.82, 2.24) is 5.32 Å². The largest absolute Gasteiger partial charge is 0.307 e. The van der Waals surface area contributed by atoms with Crippen LogP contribution in [0.5, 0.6) is 0 Å². The van der Waals surface area contributed by atoms with Crippen molar-refractivity contribution in [3.63, 3.8) is 0 Å². The monoisotopic (exact) mass is 229 g/mol. The molecular formula is C11H19NO2S. The van der Waals surface area contributed by atoms with Gasteiger partial charge in [0.25, 0.3) is 0 Å². The molecule has 1 N–H and O–H groups in total. The first-order valence-corrected chi connectivity index (χ1v) is 7.44. The van der Waals surface area contributed by atoms with Crippen molar-refractivity contribution in [1.29, 1.82) is 0 Å². The van der Waals surface area contributed by atoms with Gasteiger partial charge in [0, 0.05) is 17.5 Å². The highest BCUT2D eigenvalue weighted by atomic mass is 32.2. The molecule has 1 aliphatic carbocycles. The fourth-order valence-corrected chi connectivity index (χ4v) is 3.82. The summed E-state index contributed by atoms with van der Waals surface area (Å²) in [4.78, 5) is 0. The topological polar surface area (TPSA) is 46.2 Å². The minimum Gasteiger partial charge on any atom is -0.307 e. The Labute approximate surface area is 91.9 Å². The summed E-state index contributed by atoms with van der Waals surface area (Å²) >= 11 is 0. The second kappa shape index (κ2) is 4.26. The molecule has 0 amide bonds. The van der Waals surface area contributed by atoms with Gasteiger partial charge in [-0.05, 0) is 18.8 Å². The molecule has 0 radical (unpaired) electrons. The van der Waals surface area contributed by atoms with Crippen LogP contribution in [0.3, 0.4) is 0 Å².